The van der Waals surface area contributed by atoms with Crippen molar-refractivity contribution in [2.75, 3.05) is 19.6 Å². The second-order valence-electron chi connectivity index (χ2n) is 15.1. The quantitative estimate of drug-likeness (QED) is 0.132. The number of aryl methyl sites for hydroxylation is 2. The lowest BCUT2D eigenvalue weighted by Gasteiger charge is -2.25. The highest BCUT2D eigenvalue weighted by molar-refractivity contribution is 6.41. The molecule has 0 unspecified atom stereocenters. The topological polar surface area (TPSA) is 150 Å². The summed E-state index contributed by atoms with van der Waals surface area (Å²) < 4.78 is 0. The number of hydrogen-bond acceptors (Lipinski definition) is 8. The van der Waals surface area contributed by atoms with E-state index in [-0.39, 0.29) is 78.4 Å². The first-order valence-corrected chi connectivity index (χ1v) is 19.1. The second-order valence-corrected chi connectivity index (χ2v) is 15.1. The number of benzene rings is 6. The average molecular weight is 811 g/mol. The number of imide groups is 4. The van der Waals surface area contributed by atoms with E-state index in [2.05, 4.69) is 11.8 Å². The number of carbonyl (C=O) groups excluding carboxylic acids is 8. The van der Waals surface area contributed by atoms with Crippen LogP contribution >= 0.6 is 0 Å². The number of hydrogen-bond donors (Lipinski definition) is 0. The Labute approximate surface area is 352 Å². The van der Waals surface area contributed by atoms with E-state index in [9.17, 15) is 38.4 Å². The highest BCUT2D eigenvalue weighted by atomic mass is 16.2. The maximum Gasteiger partial charge on any atom is 0.266 e. The van der Waals surface area contributed by atoms with Gasteiger partial charge < -0.3 is 0 Å². The van der Waals surface area contributed by atoms with Gasteiger partial charge in [0, 0.05) is 11.1 Å². The number of anilines is 4. The fourth-order valence-electron chi connectivity index (χ4n) is 8.39. The van der Waals surface area contributed by atoms with Crippen molar-refractivity contribution >= 4 is 70.0 Å². The molecule has 62 heavy (non-hydrogen) atoms. The van der Waals surface area contributed by atoms with Crippen LogP contribution in [0, 0.1) is 38.5 Å². The molecule has 0 N–H and O–H groups in total. The van der Waals surface area contributed by atoms with Crippen molar-refractivity contribution in [2.24, 2.45) is 0 Å². The van der Waals surface area contributed by atoms with Crippen LogP contribution in [-0.4, -0.2) is 47.3 Å². The lowest BCUT2D eigenvalue weighted by Crippen LogP contribution is -2.35. The zero-order chi connectivity index (χ0) is 43.5. The van der Waals surface area contributed by atoms with Crippen molar-refractivity contribution in [3.63, 3.8) is 0 Å². The molecule has 10 rings (SSSR count). The molecule has 0 atom stereocenters. The number of rotatable bonds is 5. The van der Waals surface area contributed by atoms with Crippen molar-refractivity contribution in [3.8, 4) is 35.8 Å². The van der Waals surface area contributed by atoms with Crippen molar-refractivity contribution in [3.05, 3.63) is 176 Å². The molecule has 8 amide bonds. The maximum atomic E-state index is 14.2. The molecule has 0 saturated carbocycles. The SMILES string of the molecule is C#Cc1ccc2c(c1)C(=O)N(c1cc(-c3ccc(N4C(=O)c5ccc(C)cc5C4=O)c(N4C(=O)c5ccc(C#C)cc5C4=O)c3)ccc1N1C(=O)c3ccc(C)cc3C1=O)C2=O. The molecule has 12 heteroatoms. The van der Waals surface area contributed by atoms with Crippen molar-refractivity contribution in [1.82, 2.24) is 0 Å². The summed E-state index contributed by atoms with van der Waals surface area (Å²) in [7, 11) is 0. The van der Waals surface area contributed by atoms with Crippen LogP contribution in [0.1, 0.15) is 105 Å². The third-order valence-corrected chi connectivity index (χ3v) is 11.4. The predicted octanol–water partition coefficient (Wildman–Crippen LogP) is 7.14. The summed E-state index contributed by atoms with van der Waals surface area (Å²) in [4.78, 5) is 116. The molecule has 294 valence electrons. The Hall–Kier alpha value is -9.00. The van der Waals surface area contributed by atoms with E-state index in [4.69, 9.17) is 12.8 Å². The van der Waals surface area contributed by atoms with Gasteiger partial charge >= 0.3 is 0 Å². The van der Waals surface area contributed by atoms with E-state index in [1.807, 2.05) is 0 Å². The van der Waals surface area contributed by atoms with Crippen LogP contribution in [-0.2, 0) is 0 Å². The fraction of sp³-hybridized carbons (Fsp3) is 0.0400. The minimum Gasteiger partial charge on any atom is -0.268 e. The Balaban J connectivity index is 1.16. The van der Waals surface area contributed by atoms with E-state index in [1.54, 1.807) is 38.1 Å². The molecule has 4 aliphatic rings. The number of nitrogens with zero attached hydrogens (tertiary/aromatic N) is 4. The highest BCUT2D eigenvalue weighted by Crippen LogP contribution is 2.45. The van der Waals surface area contributed by atoms with Crippen LogP contribution in [0.15, 0.2) is 109 Å². The number of terminal acetylenes is 2. The van der Waals surface area contributed by atoms with Crippen molar-refractivity contribution in [2.45, 2.75) is 13.8 Å². The third kappa shape index (κ3) is 5.17. The zero-order valence-corrected chi connectivity index (χ0v) is 32.6. The normalized spacial score (nSPS) is 15.0. The summed E-state index contributed by atoms with van der Waals surface area (Å²) in [6.45, 7) is 3.55. The highest BCUT2D eigenvalue weighted by Gasteiger charge is 2.45. The van der Waals surface area contributed by atoms with Gasteiger partial charge in [-0.25, -0.2) is 19.6 Å². The van der Waals surface area contributed by atoms with Gasteiger partial charge in [-0.1, -0.05) is 47.2 Å². The van der Waals surface area contributed by atoms with Crippen LogP contribution in [0.5, 0.6) is 0 Å². The lowest BCUT2D eigenvalue weighted by atomic mass is 10.0. The average Bonchev–Trinajstić information content (AvgIpc) is 3.87. The van der Waals surface area contributed by atoms with Crippen LogP contribution in [0.2, 0.25) is 0 Å². The minimum absolute atomic E-state index is 0.0150. The van der Waals surface area contributed by atoms with Gasteiger partial charge in [-0.15, -0.1) is 12.8 Å². The Morgan fingerprint density at radius 2 is 0.613 bits per heavy atom. The number of carbonyl (C=O) groups is 8. The molecule has 0 radical (unpaired) electrons. The lowest BCUT2D eigenvalue weighted by molar-refractivity contribution is 0.0904. The molecular formula is C50H26N4O8. The molecule has 0 aromatic heterocycles. The molecule has 0 saturated heterocycles. The molecule has 12 nitrogen and oxygen atoms in total. The van der Waals surface area contributed by atoms with Gasteiger partial charge in [0.25, 0.3) is 47.3 Å². The Bertz CT molecular complexity index is 3110. The summed E-state index contributed by atoms with van der Waals surface area (Å²) in [5, 5.41) is 0. The van der Waals surface area contributed by atoms with Crippen LogP contribution in [0.3, 0.4) is 0 Å². The summed E-state index contributed by atoms with van der Waals surface area (Å²) in [6, 6.07) is 27.1. The van der Waals surface area contributed by atoms with Crippen molar-refractivity contribution < 1.29 is 38.4 Å². The summed E-state index contributed by atoms with van der Waals surface area (Å²) in [5.41, 5.74) is 2.99. The molecular weight excluding hydrogens is 785 g/mol. The minimum atomic E-state index is -0.762. The molecule has 4 heterocycles. The first kappa shape index (κ1) is 37.3. The van der Waals surface area contributed by atoms with E-state index >= 15 is 0 Å². The summed E-state index contributed by atoms with van der Waals surface area (Å²) >= 11 is 0. The monoisotopic (exact) mass is 810 g/mol. The Morgan fingerprint density at radius 3 is 0.952 bits per heavy atom. The first-order valence-electron chi connectivity index (χ1n) is 19.1. The largest absolute Gasteiger partial charge is 0.268 e. The number of fused-ring (bicyclic) bond motifs is 4. The molecule has 0 aliphatic carbocycles. The van der Waals surface area contributed by atoms with Gasteiger partial charge in [0.05, 0.1) is 67.3 Å². The van der Waals surface area contributed by atoms with E-state index in [1.165, 1.54) is 84.9 Å². The molecule has 4 aliphatic heterocycles. The van der Waals surface area contributed by atoms with Gasteiger partial charge in [-0.3, -0.25) is 38.4 Å². The molecule has 6 aromatic rings. The van der Waals surface area contributed by atoms with Gasteiger partial charge in [-0.2, -0.15) is 0 Å². The van der Waals surface area contributed by atoms with Crippen molar-refractivity contribution in [1.29, 1.82) is 0 Å². The molecule has 0 spiro atoms. The molecule has 0 fully saturated rings. The number of amides is 8. The van der Waals surface area contributed by atoms with E-state index in [0.717, 1.165) is 30.7 Å². The van der Waals surface area contributed by atoms with Crippen LogP contribution < -0.4 is 19.6 Å². The van der Waals surface area contributed by atoms with E-state index in [0.29, 0.717) is 11.1 Å². The zero-order valence-electron chi connectivity index (χ0n) is 32.6. The van der Waals surface area contributed by atoms with E-state index < -0.39 is 47.3 Å². The van der Waals surface area contributed by atoms with Gasteiger partial charge in [0.1, 0.15) is 0 Å². The van der Waals surface area contributed by atoms with Gasteiger partial charge in [-0.05, 0) is 110 Å². The Morgan fingerprint density at radius 1 is 0.323 bits per heavy atom. The second kappa shape index (κ2) is 13.3. The van der Waals surface area contributed by atoms with Crippen LogP contribution in [0.25, 0.3) is 11.1 Å². The smallest absolute Gasteiger partial charge is 0.266 e. The summed E-state index contributed by atoms with van der Waals surface area (Å²) in [6.07, 6.45) is 11.2. The first-order chi connectivity index (χ1) is 29.8. The standard InChI is InChI=1S/C50H26N4O8/c1-5-27-9-15-33-37(21-27)49(61)53(45(33)57)41-23-29(11-17-39(41)51-43(55)31-13-7-25(3)19-35(31)47(51)59)30-12-18-40(52-44(56)32-14-8-26(4)20-36(32)48(52)60)42(24-30)54-46(58)34-16-10-28(6-2)22-38(34)50(54)62/h1-2,7-24H,3-4H3. The molecule has 6 aromatic carbocycles. The van der Waals surface area contributed by atoms with Gasteiger partial charge in [0.15, 0.2) is 0 Å². The summed E-state index contributed by atoms with van der Waals surface area (Å²) in [5.74, 6) is -0.783. The van der Waals surface area contributed by atoms with Crippen LogP contribution in [0.4, 0.5) is 22.7 Å². The molecule has 0 bridgehead atoms. The fourth-order valence-corrected chi connectivity index (χ4v) is 8.39. The predicted molar refractivity (Wildman–Crippen MR) is 228 cm³/mol. The third-order valence-electron chi connectivity index (χ3n) is 11.4. The maximum absolute atomic E-state index is 14.2. The Kier molecular flexibility index (Phi) is 7.97. The van der Waals surface area contributed by atoms with Gasteiger partial charge in [0.2, 0.25) is 0 Å².